The van der Waals surface area contributed by atoms with E-state index in [4.69, 9.17) is 5.73 Å². The molecule has 2 fully saturated rings. The minimum Gasteiger partial charge on any atom is -0.354 e. The van der Waals surface area contributed by atoms with Gasteiger partial charge in [0.25, 0.3) is 0 Å². The minimum atomic E-state index is -0.479. The smallest absolute Gasteiger partial charge is 0.242 e. The van der Waals surface area contributed by atoms with Crippen molar-refractivity contribution in [1.82, 2.24) is 15.1 Å². The highest BCUT2D eigenvalue weighted by Gasteiger charge is 2.37. The molecular weight excluding hydrogens is 479 g/mol. The molecule has 0 bridgehead atoms. The molecule has 0 spiro atoms. The summed E-state index contributed by atoms with van der Waals surface area (Å²) in [5, 5.41) is 3.19. The van der Waals surface area contributed by atoms with Crippen molar-refractivity contribution >= 4 is 11.8 Å². The normalized spacial score (nSPS) is 23.8. The van der Waals surface area contributed by atoms with Crippen molar-refractivity contribution in [2.45, 2.75) is 70.5 Å². The van der Waals surface area contributed by atoms with Crippen LogP contribution in [0, 0.1) is 17.7 Å². The van der Waals surface area contributed by atoms with Crippen LogP contribution in [0.1, 0.15) is 56.6 Å². The van der Waals surface area contributed by atoms with Crippen LogP contribution in [-0.2, 0) is 22.6 Å². The van der Waals surface area contributed by atoms with Gasteiger partial charge in [0.2, 0.25) is 11.8 Å². The molecule has 6 nitrogen and oxygen atoms in total. The summed E-state index contributed by atoms with van der Waals surface area (Å²) in [4.78, 5) is 30.1. The van der Waals surface area contributed by atoms with Crippen LogP contribution in [0.25, 0.3) is 0 Å². The summed E-state index contributed by atoms with van der Waals surface area (Å²) < 4.78 is 13.6. The summed E-state index contributed by atoms with van der Waals surface area (Å²) in [7, 11) is 0. The molecule has 1 aliphatic heterocycles. The molecule has 206 valence electrons. The van der Waals surface area contributed by atoms with E-state index in [1.54, 1.807) is 11.8 Å². The third-order valence-electron chi connectivity index (χ3n) is 8.42. The fourth-order valence-corrected chi connectivity index (χ4v) is 6.20. The highest BCUT2D eigenvalue weighted by Crippen LogP contribution is 2.29. The molecule has 3 unspecified atom stereocenters. The lowest BCUT2D eigenvalue weighted by molar-refractivity contribution is -0.142. The van der Waals surface area contributed by atoms with Crippen LogP contribution in [0.3, 0.4) is 0 Å². The molecule has 4 atom stereocenters. The Bertz CT molecular complexity index is 1030. The Morgan fingerprint density at radius 3 is 2.45 bits per heavy atom. The number of rotatable bonds is 10. The van der Waals surface area contributed by atoms with E-state index in [0.29, 0.717) is 44.4 Å². The summed E-state index contributed by atoms with van der Waals surface area (Å²) in [5.74, 6) is 0.644. The first-order valence-corrected chi connectivity index (χ1v) is 14.2. The lowest BCUT2D eigenvalue weighted by atomic mass is 9.81. The van der Waals surface area contributed by atoms with E-state index in [9.17, 15) is 14.0 Å². The minimum absolute atomic E-state index is 0.0513. The zero-order valence-electron chi connectivity index (χ0n) is 22.7. The molecule has 38 heavy (non-hydrogen) atoms. The van der Waals surface area contributed by atoms with Crippen LogP contribution in [0.4, 0.5) is 4.39 Å². The van der Waals surface area contributed by atoms with E-state index in [0.717, 1.165) is 44.2 Å². The Morgan fingerprint density at radius 1 is 1.00 bits per heavy atom. The summed E-state index contributed by atoms with van der Waals surface area (Å²) >= 11 is 0. The van der Waals surface area contributed by atoms with E-state index < -0.39 is 6.04 Å². The number of benzene rings is 2. The molecule has 1 saturated carbocycles. The molecule has 3 N–H and O–H groups in total. The van der Waals surface area contributed by atoms with Gasteiger partial charge in [-0.15, -0.1) is 0 Å². The number of halogens is 1. The van der Waals surface area contributed by atoms with Gasteiger partial charge in [-0.3, -0.25) is 14.5 Å². The maximum Gasteiger partial charge on any atom is 0.242 e. The lowest BCUT2D eigenvalue weighted by Gasteiger charge is -2.43. The van der Waals surface area contributed by atoms with Crippen molar-refractivity contribution in [3.05, 3.63) is 71.5 Å². The topological polar surface area (TPSA) is 78.7 Å². The Hall–Kier alpha value is -2.77. The molecule has 0 radical (unpaired) electrons. The predicted octanol–water partition coefficient (Wildman–Crippen LogP) is 4.13. The standard InChI is InChI=1S/C31H43FN4O2/c1-23(37)36-17-15-29(19-30(36)31(38)34-21-27-9-5-8-26(18-27)20-33)35(16-14-24-6-3-2-4-7-24)22-25-10-12-28(32)13-11-25/h2-4,6-7,10-13,26-27,29-30H,5,8-9,14-22,33H2,1H3,(H,34,38)/t26?,27?,29?,30-/m1/s1. The van der Waals surface area contributed by atoms with Gasteiger partial charge in [0.05, 0.1) is 0 Å². The number of nitrogens with two attached hydrogens (primary N) is 1. The highest BCUT2D eigenvalue weighted by molar-refractivity contribution is 5.87. The average Bonchev–Trinajstić information content (AvgIpc) is 2.95. The van der Waals surface area contributed by atoms with E-state index in [-0.39, 0.29) is 23.7 Å². The monoisotopic (exact) mass is 522 g/mol. The summed E-state index contributed by atoms with van der Waals surface area (Å²) in [6.07, 6.45) is 6.80. The third kappa shape index (κ3) is 7.87. The second-order valence-corrected chi connectivity index (χ2v) is 11.1. The average molecular weight is 523 g/mol. The largest absolute Gasteiger partial charge is 0.354 e. The quantitative estimate of drug-likeness (QED) is 0.492. The molecule has 1 heterocycles. The van der Waals surface area contributed by atoms with Crippen molar-refractivity contribution in [3.8, 4) is 0 Å². The molecule has 2 amide bonds. The van der Waals surface area contributed by atoms with Gasteiger partial charge in [0, 0.05) is 39.1 Å². The van der Waals surface area contributed by atoms with E-state index in [1.807, 2.05) is 30.3 Å². The highest BCUT2D eigenvalue weighted by atomic mass is 19.1. The summed E-state index contributed by atoms with van der Waals surface area (Å²) in [6, 6.07) is 16.7. The fraction of sp³-hybridized carbons (Fsp3) is 0.548. The Balaban J connectivity index is 1.45. The van der Waals surface area contributed by atoms with Gasteiger partial charge in [0.1, 0.15) is 11.9 Å². The first kappa shape index (κ1) is 28.2. The van der Waals surface area contributed by atoms with E-state index in [1.165, 1.54) is 24.1 Å². The molecule has 4 rings (SSSR count). The number of likely N-dealkylation sites (tertiary alicyclic amines) is 1. The van der Waals surface area contributed by atoms with Gasteiger partial charge < -0.3 is 16.0 Å². The maximum absolute atomic E-state index is 13.6. The number of nitrogens with one attached hydrogen (secondary N) is 1. The van der Waals surface area contributed by atoms with Crippen LogP contribution < -0.4 is 11.1 Å². The molecule has 7 heteroatoms. The van der Waals surface area contributed by atoms with Crippen molar-refractivity contribution in [3.63, 3.8) is 0 Å². The Labute approximate surface area is 226 Å². The lowest BCUT2D eigenvalue weighted by Crippen LogP contribution is -2.57. The van der Waals surface area contributed by atoms with Gasteiger partial charge in [-0.05, 0) is 80.2 Å². The molecular formula is C31H43FN4O2. The van der Waals surface area contributed by atoms with Gasteiger partial charge >= 0.3 is 0 Å². The molecule has 2 aromatic carbocycles. The predicted molar refractivity (Wildman–Crippen MR) is 149 cm³/mol. The third-order valence-corrected chi connectivity index (χ3v) is 8.42. The fourth-order valence-electron chi connectivity index (χ4n) is 6.20. The van der Waals surface area contributed by atoms with Gasteiger partial charge in [-0.2, -0.15) is 0 Å². The SMILES string of the molecule is CC(=O)N1CCC(N(CCc2ccccc2)Cc2ccc(F)cc2)C[C@@H]1C(=O)NCC1CCCC(CN)C1. The van der Waals surface area contributed by atoms with Crippen molar-refractivity contribution in [2.24, 2.45) is 17.6 Å². The molecule has 2 aliphatic rings. The second kappa shape index (κ2) is 13.9. The van der Waals surface area contributed by atoms with E-state index >= 15 is 0 Å². The first-order chi connectivity index (χ1) is 18.4. The van der Waals surface area contributed by atoms with Crippen molar-refractivity contribution in [1.29, 1.82) is 0 Å². The van der Waals surface area contributed by atoms with Crippen molar-refractivity contribution < 1.29 is 14.0 Å². The number of nitrogens with zero attached hydrogens (tertiary/aromatic N) is 2. The molecule has 1 saturated heterocycles. The number of carbonyl (C=O) groups is 2. The second-order valence-electron chi connectivity index (χ2n) is 11.1. The van der Waals surface area contributed by atoms with E-state index in [2.05, 4.69) is 22.3 Å². The number of piperidine rings is 1. The van der Waals surface area contributed by atoms with Crippen LogP contribution in [0.5, 0.6) is 0 Å². The molecule has 1 aliphatic carbocycles. The van der Waals surface area contributed by atoms with Crippen molar-refractivity contribution in [2.75, 3.05) is 26.2 Å². The number of hydrogen-bond donors (Lipinski definition) is 2. The van der Waals surface area contributed by atoms with Crippen LogP contribution in [0.15, 0.2) is 54.6 Å². The summed E-state index contributed by atoms with van der Waals surface area (Å²) in [5.41, 5.74) is 8.21. The van der Waals surface area contributed by atoms with Gasteiger partial charge in [-0.25, -0.2) is 4.39 Å². The maximum atomic E-state index is 13.6. The molecule has 0 aromatic heterocycles. The van der Waals surface area contributed by atoms with Gasteiger partial charge in [-0.1, -0.05) is 48.9 Å². The number of amides is 2. The Kier molecular flexibility index (Phi) is 10.3. The van der Waals surface area contributed by atoms with Gasteiger partial charge in [0.15, 0.2) is 0 Å². The zero-order chi connectivity index (χ0) is 26.9. The first-order valence-electron chi connectivity index (χ1n) is 14.2. The zero-order valence-corrected chi connectivity index (χ0v) is 22.7. The van der Waals surface area contributed by atoms with Crippen LogP contribution >= 0.6 is 0 Å². The Morgan fingerprint density at radius 2 is 1.74 bits per heavy atom. The van der Waals surface area contributed by atoms with Crippen LogP contribution in [0.2, 0.25) is 0 Å². The molecule has 2 aromatic rings. The van der Waals surface area contributed by atoms with Crippen LogP contribution in [-0.4, -0.2) is 59.9 Å². The number of hydrogen-bond acceptors (Lipinski definition) is 4. The number of carbonyl (C=O) groups excluding carboxylic acids is 2. The summed E-state index contributed by atoms with van der Waals surface area (Å²) in [6.45, 7) is 4.97.